The zero-order valence-electron chi connectivity index (χ0n) is 20.0. The minimum Gasteiger partial charge on any atom is -0.490 e. The summed E-state index contributed by atoms with van der Waals surface area (Å²) < 4.78 is 11.9. The van der Waals surface area contributed by atoms with Gasteiger partial charge in [0.2, 0.25) is 0 Å². The predicted molar refractivity (Wildman–Crippen MR) is 141 cm³/mol. The largest absolute Gasteiger partial charge is 0.490 e. The van der Waals surface area contributed by atoms with Crippen LogP contribution in [-0.4, -0.2) is 43.3 Å². The van der Waals surface area contributed by atoms with Gasteiger partial charge in [0.25, 0.3) is 5.91 Å². The second kappa shape index (κ2) is 10.3. The number of ether oxygens (including phenoxy) is 2. The topological polar surface area (TPSA) is 88.1 Å². The summed E-state index contributed by atoms with van der Waals surface area (Å²) in [6.07, 6.45) is -0.168. The first kappa shape index (κ1) is 25.7. The van der Waals surface area contributed by atoms with Crippen molar-refractivity contribution in [2.24, 2.45) is 0 Å². The minimum atomic E-state index is -1.18. The summed E-state index contributed by atoms with van der Waals surface area (Å²) in [6.45, 7) is 4.12. The first-order valence-corrected chi connectivity index (χ1v) is 12.0. The Morgan fingerprint density at radius 2 is 1.89 bits per heavy atom. The van der Waals surface area contributed by atoms with Crippen molar-refractivity contribution in [1.29, 1.82) is 0 Å². The van der Waals surface area contributed by atoms with Crippen molar-refractivity contribution < 1.29 is 24.2 Å². The summed E-state index contributed by atoms with van der Waals surface area (Å²) in [5, 5.41) is 12.8. The maximum Gasteiger partial charge on any atom is 0.313 e. The number of anilines is 2. The smallest absolute Gasteiger partial charge is 0.313 e. The summed E-state index contributed by atoms with van der Waals surface area (Å²) in [7, 11) is 2.00. The highest BCUT2D eigenvalue weighted by Gasteiger charge is 2.30. The molecule has 36 heavy (non-hydrogen) atoms. The Balaban J connectivity index is 1.42. The Hall–Kier alpha value is -3.42. The van der Waals surface area contributed by atoms with E-state index in [-0.39, 0.29) is 16.7 Å². The van der Waals surface area contributed by atoms with Gasteiger partial charge in [0.1, 0.15) is 24.2 Å². The van der Waals surface area contributed by atoms with Crippen molar-refractivity contribution in [3.8, 4) is 11.5 Å². The number of carbonyl (C=O) groups is 2. The van der Waals surface area contributed by atoms with E-state index in [2.05, 4.69) is 10.2 Å². The molecule has 0 saturated carbocycles. The van der Waals surface area contributed by atoms with Crippen LogP contribution < -0.4 is 19.7 Å². The molecule has 1 atom stereocenters. The molecule has 2 N–H and O–H groups in total. The molecule has 0 fully saturated rings. The van der Waals surface area contributed by atoms with Gasteiger partial charge >= 0.3 is 5.97 Å². The van der Waals surface area contributed by atoms with Gasteiger partial charge in [-0.15, -0.1) is 0 Å². The van der Waals surface area contributed by atoms with Gasteiger partial charge in [-0.25, -0.2) is 0 Å². The standard InChI is InChI=1S/C27H26Cl2N2O5/c1-27(2,26(33)34)16-10-17(28)12-18(11-16)30-25(32)21-9-8-19(13-22(21)29)35-15-20-14-31(3)23-6-4-5-7-24(23)36-20/h4-13,20H,14-15H2,1-3H3,(H,30,32)(H,33,34)/t20-/m0/s1. The SMILES string of the molecule is CN1C[C@@H](COc2ccc(C(=O)Nc3cc(Cl)cc(C(C)(C)C(=O)O)c3)c(Cl)c2)Oc2ccccc21. The molecule has 1 aliphatic rings. The molecule has 0 bridgehead atoms. The van der Waals surface area contributed by atoms with Crippen LogP contribution in [0.1, 0.15) is 29.8 Å². The summed E-state index contributed by atoms with van der Waals surface area (Å²) in [5.74, 6) is -0.146. The third-order valence-electron chi connectivity index (χ3n) is 6.08. The highest BCUT2D eigenvalue weighted by Crippen LogP contribution is 2.33. The second-order valence-electron chi connectivity index (χ2n) is 9.15. The monoisotopic (exact) mass is 528 g/mol. The van der Waals surface area contributed by atoms with Gasteiger partial charge < -0.3 is 24.8 Å². The molecule has 9 heteroatoms. The molecule has 0 spiro atoms. The van der Waals surface area contributed by atoms with Gasteiger partial charge in [0.05, 0.1) is 28.2 Å². The number of amides is 1. The maximum absolute atomic E-state index is 12.9. The number of carboxylic acids is 1. The fraction of sp³-hybridized carbons (Fsp3) is 0.259. The number of hydrogen-bond acceptors (Lipinski definition) is 5. The number of carbonyl (C=O) groups excluding carboxylic acids is 1. The van der Waals surface area contributed by atoms with E-state index in [0.29, 0.717) is 35.2 Å². The number of carboxylic acid groups (broad SMARTS) is 1. The van der Waals surface area contributed by atoms with Crippen LogP contribution in [0.3, 0.4) is 0 Å². The van der Waals surface area contributed by atoms with Crippen molar-refractivity contribution in [1.82, 2.24) is 0 Å². The van der Waals surface area contributed by atoms with Crippen LogP contribution in [0.4, 0.5) is 11.4 Å². The van der Waals surface area contributed by atoms with Gasteiger partial charge in [-0.3, -0.25) is 9.59 Å². The van der Waals surface area contributed by atoms with Crippen LogP contribution in [-0.2, 0) is 10.2 Å². The van der Waals surface area contributed by atoms with Crippen LogP contribution in [0.2, 0.25) is 10.0 Å². The molecular formula is C27H26Cl2N2O5. The molecule has 7 nitrogen and oxygen atoms in total. The first-order chi connectivity index (χ1) is 17.0. The van der Waals surface area contributed by atoms with Gasteiger partial charge in [0, 0.05) is 17.8 Å². The molecule has 1 amide bonds. The number of nitrogens with one attached hydrogen (secondary N) is 1. The fourth-order valence-electron chi connectivity index (χ4n) is 3.88. The number of halogens is 2. The third-order valence-corrected chi connectivity index (χ3v) is 6.61. The van der Waals surface area contributed by atoms with Crippen molar-refractivity contribution in [2.75, 3.05) is 30.4 Å². The second-order valence-corrected chi connectivity index (χ2v) is 10.00. The molecule has 0 unspecified atom stereocenters. The predicted octanol–water partition coefficient (Wildman–Crippen LogP) is 5.88. The van der Waals surface area contributed by atoms with E-state index in [1.165, 1.54) is 0 Å². The highest BCUT2D eigenvalue weighted by atomic mass is 35.5. The summed E-state index contributed by atoms with van der Waals surface area (Å²) in [5.41, 5.74) is 0.925. The number of para-hydroxylation sites is 2. The Kier molecular flexibility index (Phi) is 7.33. The number of nitrogens with zero attached hydrogens (tertiary/aromatic N) is 1. The van der Waals surface area contributed by atoms with E-state index in [1.807, 2.05) is 31.3 Å². The number of likely N-dealkylation sites (N-methyl/N-ethyl adjacent to an activating group) is 1. The van der Waals surface area contributed by atoms with E-state index < -0.39 is 17.3 Å². The van der Waals surface area contributed by atoms with E-state index in [0.717, 1.165) is 11.4 Å². The van der Waals surface area contributed by atoms with Crippen LogP contribution in [0.5, 0.6) is 11.5 Å². The fourth-order valence-corrected chi connectivity index (χ4v) is 4.37. The lowest BCUT2D eigenvalue weighted by Gasteiger charge is -2.33. The zero-order chi connectivity index (χ0) is 26.0. The Morgan fingerprint density at radius 3 is 2.61 bits per heavy atom. The van der Waals surface area contributed by atoms with Gasteiger partial charge in [-0.05, 0) is 67.9 Å². The molecule has 0 aromatic heterocycles. The summed E-state index contributed by atoms with van der Waals surface area (Å²) >= 11 is 12.6. The first-order valence-electron chi connectivity index (χ1n) is 11.3. The van der Waals surface area contributed by atoms with Crippen LogP contribution in [0.15, 0.2) is 60.7 Å². The van der Waals surface area contributed by atoms with Gasteiger partial charge in [0.15, 0.2) is 0 Å². The molecule has 0 saturated heterocycles. The average Bonchev–Trinajstić information content (AvgIpc) is 2.82. The number of hydrogen-bond donors (Lipinski definition) is 2. The molecule has 4 rings (SSSR count). The van der Waals surface area contributed by atoms with Crippen molar-refractivity contribution in [2.45, 2.75) is 25.4 Å². The normalized spacial score (nSPS) is 15.0. The molecule has 188 valence electrons. The van der Waals surface area contributed by atoms with Crippen LogP contribution in [0, 0.1) is 0 Å². The Labute approximate surface area is 219 Å². The number of rotatable bonds is 7. The number of aliphatic carboxylic acids is 1. The molecule has 0 radical (unpaired) electrons. The molecule has 3 aromatic rings. The Morgan fingerprint density at radius 1 is 1.14 bits per heavy atom. The third kappa shape index (κ3) is 5.53. The molecule has 3 aromatic carbocycles. The van der Waals surface area contributed by atoms with Crippen LogP contribution in [0.25, 0.3) is 0 Å². The maximum atomic E-state index is 12.9. The van der Waals surface area contributed by atoms with Gasteiger partial charge in [-0.2, -0.15) is 0 Å². The lowest BCUT2D eigenvalue weighted by Crippen LogP contribution is -2.41. The Bertz CT molecular complexity index is 1310. The number of fused-ring (bicyclic) bond motifs is 1. The molecule has 0 aliphatic carbocycles. The van der Waals surface area contributed by atoms with E-state index in [1.54, 1.807) is 50.2 Å². The van der Waals surface area contributed by atoms with Gasteiger partial charge in [-0.1, -0.05) is 35.3 Å². The summed E-state index contributed by atoms with van der Waals surface area (Å²) in [6, 6.07) is 17.3. The molecule has 1 aliphatic heterocycles. The van der Waals surface area contributed by atoms with Crippen molar-refractivity contribution in [3.05, 3.63) is 81.8 Å². The van der Waals surface area contributed by atoms with E-state index >= 15 is 0 Å². The average molecular weight is 529 g/mol. The summed E-state index contributed by atoms with van der Waals surface area (Å²) in [4.78, 5) is 26.6. The van der Waals surface area contributed by atoms with Crippen molar-refractivity contribution in [3.63, 3.8) is 0 Å². The van der Waals surface area contributed by atoms with E-state index in [9.17, 15) is 14.7 Å². The molecule has 1 heterocycles. The lowest BCUT2D eigenvalue weighted by molar-refractivity contribution is -0.142. The zero-order valence-corrected chi connectivity index (χ0v) is 21.6. The quantitative estimate of drug-likeness (QED) is 0.397. The lowest BCUT2D eigenvalue weighted by atomic mass is 9.84. The minimum absolute atomic E-state index is 0.168. The highest BCUT2D eigenvalue weighted by molar-refractivity contribution is 6.34. The van der Waals surface area contributed by atoms with Crippen LogP contribution >= 0.6 is 23.2 Å². The van der Waals surface area contributed by atoms with Crippen molar-refractivity contribution >= 4 is 46.5 Å². The number of benzene rings is 3. The van der Waals surface area contributed by atoms with E-state index in [4.69, 9.17) is 32.7 Å². The molecular weight excluding hydrogens is 503 g/mol.